The number of nitrogens with zero attached hydrogens (tertiary/aromatic N) is 5. The lowest BCUT2D eigenvalue weighted by Gasteiger charge is -2.37. The number of aromatic nitrogens is 1. The number of nitriles is 1. The van der Waals surface area contributed by atoms with E-state index in [1.807, 2.05) is 12.3 Å². The molecule has 6 rings (SSSR count). The minimum Gasteiger partial charge on any atom is -0.453 e. The number of rotatable bonds is 9. The van der Waals surface area contributed by atoms with E-state index in [9.17, 15) is 10.1 Å². The first-order valence-corrected chi connectivity index (χ1v) is 16.1. The summed E-state index contributed by atoms with van der Waals surface area (Å²) in [5.74, 6) is 1.00. The molecule has 0 radical (unpaired) electrons. The highest BCUT2D eigenvalue weighted by molar-refractivity contribution is 5.87. The standard InChI is InChI=1S/C35H42N8O2/c1-37-27-9-3-22(4-10-27)5-11-28-16-34(43-42-28)30-21-39-32(17-33(30)41-29-14-23(15-29)19-40-35(44)45-2)25-6-7-26-13-24(18-36)20-38-31(26)12-8-25/h5-7,11,13,16-17,20-23,27-29,31,37H,3-4,8-10,12,14-15,19H2,1-2H3,(H,39,41)(H,40,44)/b11-5+. The zero-order chi connectivity index (χ0) is 31.2. The fourth-order valence-electron chi connectivity index (χ4n) is 6.78. The van der Waals surface area contributed by atoms with Crippen molar-refractivity contribution >= 4 is 29.3 Å². The van der Waals surface area contributed by atoms with E-state index in [1.54, 1.807) is 6.21 Å². The fraction of sp³-hybridized carbons (Fsp3) is 0.486. The normalized spacial score (nSPS) is 28.9. The number of alkyl carbamates (subject to hydrolysis) is 1. The van der Waals surface area contributed by atoms with Crippen LogP contribution in [0.15, 0.2) is 75.1 Å². The number of nitrogens with one attached hydrogen (secondary N) is 3. The second-order valence-corrected chi connectivity index (χ2v) is 12.6. The molecule has 45 heavy (non-hydrogen) atoms. The molecule has 10 nitrogen and oxygen atoms in total. The number of carbonyl (C=O) groups excluding carboxylic acids is 1. The van der Waals surface area contributed by atoms with Crippen LogP contribution >= 0.6 is 0 Å². The Morgan fingerprint density at radius 2 is 1.98 bits per heavy atom. The lowest BCUT2D eigenvalue weighted by molar-refractivity contribution is 0.164. The van der Waals surface area contributed by atoms with Crippen molar-refractivity contribution in [3.63, 3.8) is 0 Å². The molecule has 2 unspecified atom stereocenters. The molecule has 0 spiro atoms. The van der Waals surface area contributed by atoms with Gasteiger partial charge >= 0.3 is 6.09 Å². The number of methoxy groups -OCH3 is 1. The third kappa shape index (κ3) is 7.48. The van der Waals surface area contributed by atoms with E-state index in [0.717, 1.165) is 59.5 Å². The maximum Gasteiger partial charge on any atom is 0.406 e. The maximum atomic E-state index is 11.5. The molecular formula is C35H42N8O2. The molecule has 3 heterocycles. The third-order valence-corrected chi connectivity index (χ3v) is 9.61. The first-order valence-electron chi connectivity index (χ1n) is 16.1. The molecule has 2 aliphatic heterocycles. The minimum absolute atomic E-state index is 0.0608. The first kappa shape index (κ1) is 30.7. The van der Waals surface area contributed by atoms with E-state index in [2.05, 4.69) is 80.7 Å². The quantitative estimate of drug-likeness (QED) is 0.289. The van der Waals surface area contributed by atoms with Crippen LogP contribution in [0.1, 0.15) is 62.6 Å². The molecule has 1 aromatic rings. The number of ether oxygens (including phenoxy) is 1. The molecular weight excluding hydrogens is 564 g/mol. The summed E-state index contributed by atoms with van der Waals surface area (Å²) in [5.41, 5.74) is 6.46. The first-order chi connectivity index (χ1) is 22.0. The van der Waals surface area contributed by atoms with Gasteiger partial charge in [-0.3, -0.25) is 9.98 Å². The van der Waals surface area contributed by atoms with E-state index in [-0.39, 0.29) is 18.1 Å². The minimum atomic E-state index is -0.392. The molecule has 3 N–H and O–H groups in total. The Kier molecular flexibility index (Phi) is 9.65. The van der Waals surface area contributed by atoms with Gasteiger partial charge in [-0.2, -0.15) is 15.5 Å². The highest BCUT2D eigenvalue weighted by atomic mass is 16.5. The summed E-state index contributed by atoms with van der Waals surface area (Å²) in [6.07, 6.45) is 24.4. The van der Waals surface area contributed by atoms with Gasteiger partial charge in [0.2, 0.25) is 0 Å². The van der Waals surface area contributed by atoms with Gasteiger partial charge in [0.1, 0.15) is 12.1 Å². The number of aliphatic imine (C=N–C) groups is 1. The number of fused-ring (bicyclic) bond motifs is 1. The predicted octanol–water partition coefficient (Wildman–Crippen LogP) is 6.14. The zero-order valence-corrected chi connectivity index (χ0v) is 26.1. The lowest BCUT2D eigenvalue weighted by Crippen LogP contribution is -2.42. The van der Waals surface area contributed by atoms with Crippen LogP contribution < -0.4 is 16.0 Å². The molecule has 234 valence electrons. The van der Waals surface area contributed by atoms with Crippen LogP contribution in [0.2, 0.25) is 0 Å². The van der Waals surface area contributed by atoms with Gasteiger partial charge in [0, 0.05) is 42.3 Å². The lowest BCUT2D eigenvalue weighted by atomic mass is 9.80. The number of hydrogen-bond donors (Lipinski definition) is 3. The van der Waals surface area contributed by atoms with Gasteiger partial charge in [-0.05, 0) is 99.6 Å². The summed E-state index contributed by atoms with van der Waals surface area (Å²) in [6, 6.07) is 5.24. The maximum absolute atomic E-state index is 11.5. The molecule has 5 aliphatic rings. The Balaban J connectivity index is 1.19. The van der Waals surface area contributed by atoms with Crippen LogP contribution in [0.4, 0.5) is 10.5 Å². The smallest absolute Gasteiger partial charge is 0.406 e. The molecule has 0 bridgehead atoms. The second kappa shape index (κ2) is 14.2. The number of azo groups is 1. The van der Waals surface area contributed by atoms with Gasteiger partial charge in [0.05, 0.1) is 30.1 Å². The van der Waals surface area contributed by atoms with Crippen molar-refractivity contribution in [2.75, 3.05) is 26.0 Å². The van der Waals surface area contributed by atoms with Gasteiger partial charge < -0.3 is 20.7 Å². The Morgan fingerprint density at radius 3 is 2.76 bits per heavy atom. The van der Waals surface area contributed by atoms with Crippen LogP contribution in [0.5, 0.6) is 0 Å². The van der Waals surface area contributed by atoms with Crippen LogP contribution in [-0.2, 0) is 4.74 Å². The Hall–Kier alpha value is -4.36. The molecule has 2 fully saturated rings. The van der Waals surface area contributed by atoms with Gasteiger partial charge in [0.15, 0.2) is 0 Å². The number of carbonyl (C=O) groups is 1. The van der Waals surface area contributed by atoms with Crippen molar-refractivity contribution in [1.29, 1.82) is 5.26 Å². The Labute approximate surface area is 265 Å². The zero-order valence-electron chi connectivity index (χ0n) is 26.1. The molecule has 3 aliphatic carbocycles. The Bertz CT molecular complexity index is 1530. The fourth-order valence-corrected chi connectivity index (χ4v) is 6.78. The van der Waals surface area contributed by atoms with E-state index < -0.39 is 6.09 Å². The number of amides is 1. The molecule has 2 saturated carbocycles. The molecule has 1 amide bonds. The average molecular weight is 607 g/mol. The monoisotopic (exact) mass is 606 g/mol. The van der Waals surface area contributed by atoms with Crippen molar-refractivity contribution < 1.29 is 9.53 Å². The SMILES string of the molecule is CNC1CCC(/C=C/C2C=C(c3cnc(C4=CC=C5C=C(C#N)C=NC5CC4)cc3NC3CC(CNC(=O)OC)C3)N=N2)CC1. The van der Waals surface area contributed by atoms with Crippen molar-refractivity contribution in [2.24, 2.45) is 27.1 Å². The third-order valence-electron chi connectivity index (χ3n) is 9.61. The van der Waals surface area contributed by atoms with Crippen LogP contribution in [0.3, 0.4) is 0 Å². The molecule has 0 aromatic carbocycles. The second-order valence-electron chi connectivity index (χ2n) is 12.6. The van der Waals surface area contributed by atoms with Gasteiger partial charge in [-0.1, -0.05) is 24.3 Å². The van der Waals surface area contributed by atoms with Gasteiger partial charge in [-0.15, -0.1) is 0 Å². The summed E-state index contributed by atoms with van der Waals surface area (Å²) >= 11 is 0. The topological polar surface area (TPSA) is 136 Å². The largest absolute Gasteiger partial charge is 0.453 e. The molecule has 0 saturated heterocycles. The molecule has 2 atom stereocenters. The summed E-state index contributed by atoms with van der Waals surface area (Å²) in [5, 5.41) is 28.5. The summed E-state index contributed by atoms with van der Waals surface area (Å²) < 4.78 is 4.72. The van der Waals surface area contributed by atoms with Crippen molar-refractivity contribution in [2.45, 2.75) is 75.5 Å². The average Bonchev–Trinajstić information content (AvgIpc) is 3.43. The number of hydrogen-bond acceptors (Lipinski definition) is 9. The molecule has 10 heteroatoms. The number of pyridine rings is 1. The van der Waals surface area contributed by atoms with Crippen LogP contribution in [-0.4, -0.2) is 62.2 Å². The Morgan fingerprint density at radius 1 is 1.13 bits per heavy atom. The van der Waals surface area contributed by atoms with E-state index in [1.165, 1.54) is 32.8 Å². The van der Waals surface area contributed by atoms with Crippen LogP contribution in [0, 0.1) is 23.2 Å². The summed E-state index contributed by atoms with van der Waals surface area (Å²) in [7, 11) is 3.44. The van der Waals surface area contributed by atoms with E-state index in [4.69, 9.17) is 9.72 Å². The van der Waals surface area contributed by atoms with E-state index in [0.29, 0.717) is 30.0 Å². The number of allylic oxidation sites excluding steroid dienone is 5. The summed E-state index contributed by atoms with van der Waals surface area (Å²) in [6.45, 7) is 0.608. The van der Waals surface area contributed by atoms with Gasteiger partial charge in [0.25, 0.3) is 0 Å². The van der Waals surface area contributed by atoms with Crippen molar-refractivity contribution in [3.05, 3.63) is 71.1 Å². The number of dihydropyridines is 1. The van der Waals surface area contributed by atoms with Crippen LogP contribution in [0.25, 0.3) is 11.3 Å². The molecule has 1 aromatic heterocycles. The highest BCUT2D eigenvalue weighted by Crippen LogP contribution is 2.37. The van der Waals surface area contributed by atoms with Crippen molar-refractivity contribution in [3.8, 4) is 6.07 Å². The van der Waals surface area contributed by atoms with Gasteiger partial charge in [-0.25, -0.2) is 4.79 Å². The predicted molar refractivity (Wildman–Crippen MR) is 177 cm³/mol. The highest BCUT2D eigenvalue weighted by Gasteiger charge is 2.31. The summed E-state index contributed by atoms with van der Waals surface area (Å²) in [4.78, 5) is 21.0. The van der Waals surface area contributed by atoms with Crippen molar-refractivity contribution in [1.82, 2.24) is 15.6 Å². The van der Waals surface area contributed by atoms with E-state index >= 15 is 0 Å². The number of anilines is 1.